The fourth-order valence-electron chi connectivity index (χ4n) is 2.37. The monoisotopic (exact) mass is 325 g/mol. The molecule has 0 aliphatic carbocycles. The smallest absolute Gasteiger partial charge is 0.287 e. The molecule has 0 fully saturated rings. The van der Waals surface area contributed by atoms with E-state index in [1.165, 1.54) is 0 Å². The highest BCUT2D eigenvalue weighted by molar-refractivity contribution is 5.94. The number of aromatic amines is 2. The summed E-state index contributed by atoms with van der Waals surface area (Å²) in [7, 11) is 1.60. The van der Waals surface area contributed by atoms with Crippen LogP contribution in [0.15, 0.2) is 36.5 Å². The third kappa shape index (κ3) is 3.45. The number of nitrogens with one attached hydrogen (secondary N) is 3. The fourth-order valence-corrected chi connectivity index (χ4v) is 2.37. The van der Waals surface area contributed by atoms with Crippen LogP contribution in [0.2, 0.25) is 0 Å². The number of H-pyrrole nitrogens is 2. The standard InChI is InChI=1S/C17H19N5O2/c1-11(6-5-9-14-15(24-2)10-18-22-14)19-17(23)16-20-12-7-3-4-8-13(12)21-16/h3-5,7-11H,6H2,1-2H3,(H,18,22)(H,19,23)(H,20,21)/b9-5+/t11-/m0/s1. The van der Waals surface area contributed by atoms with Crippen LogP contribution >= 0.6 is 0 Å². The average Bonchev–Trinajstić information content (AvgIpc) is 3.20. The Kier molecular flexibility index (Phi) is 4.60. The molecular formula is C17H19N5O2. The van der Waals surface area contributed by atoms with E-state index in [0.29, 0.717) is 18.0 Å². The van der Waals surface area contributed by atoms with Gasteiger partial charge in [-0.2, -0.15) is 5.10 Å². The van der Waals surface area contributed by atoms with Crippen molar-refractivity contribution in [2.45, 2.75) is 19.4 Å². The summed E-state index contributed by atoms with van der Waals surface area (Å²) in [6.07, 6.45) is 6.13. The minimum atomic E-state index is -0.216. The lowest BCUT2D eigenvalue weighted by atomic mass is 10.2. The number of fused-ring (bicyclic) bond motifs is 1. The van der Waals surface area contributed by atoms with Crippen molar-refractivity contribution >= 4 is 23.0 Å². The maximum atomic E-state index is 12.3. The summed E-state index contributed by atoms with van der Waals surface area (Å²) in [4.78, 5) is 19.6. The molecular weight excluding hydrogens is 306 g/mol. The first-order chi connectivity index (χ1) is 11.7. The summed E-state index contributed by atoms with van der Waals surface area (Å²) in [5.74, 6) is 0.790. The van der Waals surface area contributed by atoms with Gasteiger partial charge in [-0.15, -0.1) is 0 Å². The number of ether oxygens (including phenoxy) is 1. The highest BCUT2D eigenvalue weighted by Crippen LogP contribution is 2.15. The predicted octanol–water partition coefficient (Wildman–Crippen LogP) is 2.52. The topological polar surface area (TPSA) is 95.7 Å². The minimum Gasteiger partial charge on any atom is -0.493 e. The lowest BCUT2D eigenvalue weighted by Crippen LogP contribution is -2.32. The van der Waals surface area contributed by atoms with Gasteiger partial charge in [-0.05, 0) is 31.6 Å². The Morgan fingerprint density at radius 2 is 2.25 bits per heavy atom. The Morgan fingerprint density at radius 1 is 1.42 bits per heavy atom. The summed E-state index contributed by atoms with van der Waals surface area (Å²) in [6, 6.07) is 7.52. The lowest BCUT2D eigenvalue weighted by Gasteiger charge is -2.10. The lowest BCUT2D eigenvalue weighted by molar-refractivity contribution is 0.0931. The number of hydrogen-bond donors (Lipinski definition) is 3. The molecule has 1 atom stereocenters. The van der Waals surface area contributed by atoms with Crippen LogP contribution in [-0.4, -0.2) is 39.2 Å². The second kappa shape index (κ2) is 6.99. The number of aromatic nitrogens is 4. The van der Waals surface area contributed by atoms with Crippen LogP contribution in [0.4, 0.5) is 0 Å². The largest absolute Gasteiger partial charge is 0.493 e. The quantitative estimate of drug-likeness (QED) is 0.649. The number of amides is 1. The number of benzene rings is 1. The summed E-state index contributed by atoms with van der Waals surface area (Å²) in [6.45, 7) is 1.94. The van der Waals surface area contributed by atoms with Gasteiger partial charge in [0.2, 0.25) is 0 Å². The van der Waals surface area contributed by atoms with Gasteiger partial charge >= 0.3 is 0 Å². The second-order valence-electron chi connectivity index (χ2n) is 5.47. The third-order valence-electron chi connectivity index (χ3n) is 3.61. The normalized spacial score (nSPS) is 12.6. The molecule has 3 aromatic rings. The number of carbonyl (C=O) groups excluding carboxylic acids is 1. The van der Waals surface area contributed by atoms with Gasteiger partial charge in [0.15, 0.2) is 11.6 Å². The molecule has 2 aromatic heterocycles. The molecule has 124 valence electrons. The molecule has 24 heavy (non-hydrogen) atoms. The molecule has 0 aliphatic heterocycles. The van der Waals surface area contributed by atoms with Crippen molar-refractivity contribution in [2.24, 2.45) is 0 Å². The van der Waals surface area contributed by atoms with Crippen molar-refractivity contribution in [1.82, 2.24) is 25.5 Å². The molecule has 0 bridgehead atoms. The van der Waals surface area contributed by atoms with E-state index in [0.717, 1.165) is 16.7 Å². The van der Waals surface area contributed by atoms with Gasteiger partial charge in [0, 0.05) is 6.04 Å². The van der Waals surface area contributed by atoms with Crippen LogP contribution < -0.4 is 10.1 Å². The van der Waals surface area contributed by atoms with Gasteiger partial charge in [-0.1, -0.05) is 18.2 Å². The van der Waals surface area contributed by atoms with Crippen LogP contribution in [0.1, 0.15) is 29.7 Å². The Labute approximate surface area is 139 Å². The van der Waals surface area contributed by atoms with Crippen LogP contribution in [0.3, 0.4) is 0 Å². The zero-order chi connectivity index (χ0) is 16.9. The van der Waals surface area contributed by atoms with E-state index in [-0.39, 0.29) is 11.9 Å². The first-order valence-electron chi connectivity index (χ1n) is 7.67. The van der Waals surface area contributed by atoms with Crippen molar-refractivity contribution in [1.29, 1.82) is 0 Å². The SMILES string of the molecule is COc1cn[nH]c1/C=C/C[C@H](C)NC(=O)c1nc2ccccc2[nH]1. The van der Waals surface area contributed by atoms with Crippen LogP contribution in [0.5, 0.6) is 5.75 Å². The first kappa shape index (κ1) is 15.8. The molecule has 0 saturated heterocycles. The molecule has 3 N–H and O–H groups in total. The van der Waals surface area contributed by atoms with Crippen LogP contribution in [-0.2, 0) is 0 Å². The summed E-state index contributed by atoms with van der Waals surface area (Å²) in [5, 5.41) is 9.69. The van der Waals surface area contributed by atoms with E-state index >= 15 is 0 Å². The summed E-state index contributed by atoms with van der Waals surface area (Å²) in [5.41, 5.74) is 2.43. The summed E-state index contributed by atoms with van der Waals surface area (Å²) < 4.78 is 5.17. The van der Waals surface area contributed by atoms with Crippen molar-refractivity contribution < 1.29 is 9.53 Å². The Bertz CT molecular complexity index is 832. The highest BCUT2D eigenvalue weighted by Gasteiger charge is 2.13. The molecule has 2 heterocycles. The fraction of sp³-hybridized carbons (Fsp3) is 0.235. The zero-order valence-corrected chi connectivity index (χ0v) is 13.5. The number of rotatable bonds is 6. The van der Waals surface area contributed by atoms with Crippen molar-refractivity contribution in [3.8, 4) is 5.75 Å². The van der Waals surface area contributed by atoms with Gasteiger partial charge in [0.1, 0.15) is 0 Å². The van der Waals surface area contributed by atoms with E-state index in [2.05, 4.69) is 25.5 Å². The van der Waals surface area contributed by atoms with Gasteiger partial charge in [0.25, 0.3) is 5.91 Å². The molecule has 0 radical (unpaired) electrons. The molecule has 1 aromatic carbocycles. The molecule has 7 nitrogen and oxygen atoms in total. The van der Waals surface area contributed by atoms with Gasteiger partial charge in [0.05, 0.1) is 30.0 Å². The molecule has 7 heteroatoms. The van der Waals surface area contributed by atoms with Crippen LogP contribution in [0, 0.1) is 0 Å². The third-order valence-corrected chi connectivity index (χ3v) is 3.61. The van der Waals surface area contributed by atoms with Gasteiger partial charge < -0.3 is 15.0 Å². The Hall–Kier alpha value is -3.09. The number of para-hydroxylation sites is 2. The Morgan fingerprint density at radius 3 is 3.04 bits per heavy atom. The molecule has 3 rings (SSSR count). The van der Waals surface area contributed by atoms with Crippen molar-refractivity contribution in [3.05, 3.63) is 48.1 Å². The molecule has 0 saturated carbocycles. The molecule has 0 unspecified atom stereocenters. The Balaban J connectivity index is 1.58. The van der Waals surface area contributed by atoms with E-state index in [9.17, 15) is 4.79 Å². The predicted molar refractivity (Wildman–Crippen MR) is 91.8 cm³/mol. The maximum absolute atomic E-state index is 12.3. The number of nitrogens with zero attached hydrogens (tertiary/aromatic N) is 2. The number of imidazole rings is 1. The van der Waals surface area contributed by atoms with Crippen molar-refractivity contribution in [2.75, 3.05) is 7.11 Å². The van der Waals surface area contributed by atoms with Gasteiger partial charge in [-0.3, -0.25) is 9.89 Å². The number of hydrogen-bond acceptors (Lipinski definition) is 4. The molecule has 1 amide bonds. The van der Waals surface area contributed by atoms with Crippen LogP contribution in [0.25, 0.3) is 17.1 Å². The number of carbonyl (C=O) groups is 1. The highest BCUT2D eigenvalue weighted by atomic mass is 16.5. The second-order valence-corrected chi connectivity index (χ2v) is 5.47. The van der Waals surface area contributed by atoms with Crippen molar-refractivity contribution in [3.63, 3.8) is 0 Å². The molecule has 0 spiro atoms. The van der Waals surface area contributed by atoms with E-state index in [4.69, 9.17) is 4.74 Å². The maximum Gasteiger partial charge on any atom is 0.287 e. The zero-order valence-electron chi connectivity index (χ0n) is 13.5. The van der Waals surface area contributed by atoms with E-state index in [1.54, 1.807) is 13.3 Å². The molecule has 0 aliphatic rings. The van der Waals surface area contributed by atoms with E-state index < -0.39 is 0 Å². The van der Waals surface area contributed by atoms with E-state index in [1.807, 2.05) is 43.3 Å². The summed E-state index contributed by atoms with van der Waals surface area (Å²) >= 11 is 0. The minimum absolute atomic E-state index is 0.0316. The van der Waals surface area contributed by atoms with Gasteiger partial charge in [-0.25, -0.2) is 4.98 Å². The first-order valence-corrected chi connectivity index (χ1v) is 7.67. The average molecular weight is 325 g/mol. The number of methoxy groups -OCH3 is 1.